The summed E-state index contributed by atoms with van der Waals surface area (Å²) >= 11 is 0. The fraction of sp³-hybridized carbons (Fsp3) is 0.900. The second-order valence-electron chi connectivity index (χ2n) is 4.58. The van der Waals surface area contributed by atoms with E-state index >= 15 is 0 Å². The highest BCUT2D eigenvalue weighted by Crippen LogP contribution is 2.23. The van der Waals surface area contributed by atoms with Gasteiger partial charge in [0.25, 0.3) is 0 Å². The third-order valence-electron chi connectivity index (χ3n) is 2.81. The van der Waals surface area contributed by atoms with Crippen LogP contribution in [0.3, 0.4) is 0 Å². The van der Waals surface area contributed by atoms with Crippen LogP contribution in [0.2, 0.25) is 0 Å². The van der Waals surface area contributed by atoms with Crippen LogP contribution in [-0.2, 0) is 0 Å². The van der Waals surface area contributed by atoms with Crippen molar-refractivity contribution < 1.29 is 5.11 Å². The SMILES string of the molecule is CC(C)C[C@H]1CN(C(=N)N)CC[C@H]1O. The number of aliphatic hydroxyl groups is 1. The minimum absolute atomic E-state index is 0.130. The molecule has 82 valence electrons. The van der Waals surface area contributed by atoms with E-state index in [-0.39, 0.29) is 18.0 Å². The van der Waals surface area contributed by atoms with Gasteiger partial charge < -0.3 is 15.7 Å². The highest BCUT2D eigenvalue weighted by molar-refractivity contribution is 5.74. The van der Waals surface area contributed by atoms with E-state index < -0.39 is 0 Å². The number of hydrogen-bond acceptors (Lipinski definition) is 2. The standard InChI is InChI=1S/C10H21N3O/c1-7(2)5-8-6-13(10(11)12)4-3-9(8)14/h7-9,14H,3-6H2,1-2H3,(H3,11,12)/t8-,9+/m0/s1. The molecule has 0 aromatic carbocycles. The number of nitrogens with two attached hydrogens (primary N) is 1. The Kier molecular flexibility index (Phi) is 3.75. The zero-order chi connectivity index (χ0) is 10.7. The first kappa shape index (κ1) is 11.3. The highest BCUT2D eigenvalue weighted by atomic mass is 16.3. The maximum atomic E-state index is 9.78. The van der Waals surface area contributed by atoms with Gasteiger partial charge in [-0.15, -0.1) is 0 Å². The first-order chi connectivity index (χ1) is 6.50. The molecule has 4 nitrogen and oxygen atoms in total. The number of guanidine groups is 1. The largest absolute Gasteiger partial charge is 0.393 e. The van der Waals surface area contributed by atoms with Crippen molar-refractivity contribution in [1.29, 1.82) is 5.41 Å². The third-order valence-corrected chi connectivity index (χ3v) is 2.81. The monoisotopic (exact) mass is 199 g/mol. The van der Waals surface area contributed by atoms with Crippen LogP contribution >= 0.6 is 0 Å². The number of aliphatic hydroxyl groups excluding tert-OH is 1. The summed E-state index contributed by atoms with van der Waals surface area (Å²) in [6.45, 7) is 5.75. The molecule has 0 aromatic heterocycles. The molecule has 0 radical (unpaired) electrons. The van der Waals surface area contributed by atoms with Gasteiger partial charge in [0.05, 0.1) is 6.10 Å². The Morgan fingerprint density at radius 1 is 1.64 bits per heavy atom. The van der Waals surface area contributed by atoms with Crippen LogP contribution in [0.5, 0.6) is 0 Å². The smallest absolute Gasteiger partial charge is 0.188 e. The topological polar surface area (TPSA) is 73.3 Å². The zero-order valence-electron chi connectivity index (χ0n) is 9.03. The Morgan fingerprint density at radius 3 is 2.79 bits per heavy atom. The molecular formula is C10H21N3O. The van der Waals surface area contributed by atoms with Gasteiger partial charge in [0.2, 0.25) is 0 Å². The molecule has 0 bridgehead atoms. The molecule has 1 aliphatic rings. The first-order valence-electron chi connectivity index (χ1n) is 5.27. The average Bonchev–Trinajstić information content (AvgIpc) is 2.07. The molecule has 4 heteroatoms. The minimum Gasteiger partial charge on any atom is -0.393 e. The lowest BCUT2D eigenvalue weighted by Crippen LogP contribution is -2.48. The number of nitrogens with one attached hydrogen (secondary N) is 1. The minimum atomic E-state index is -0.215. The quantitative estimate of drug-likeness (QED) is 0.450. The Hall–Kier alpha value is -0.770. The zero-order valence-corrected chi connectivity index (χ0v) is 9.03. The first-order valence-corrected chi connectivity index (χ1v) is 5.27. The highest BCUT2D eigenvalue weighted by Gasteiger charge is 2.28. The van der Waals surface area contributed by atoms with E-state index in [4.69, 9.17) is 11.1 Å². The number of nitrogens with zero attached hydrogens (tertiary/aromatic N) is 1. The summed E-state index contributed by atoms with van der Waals surface area (Å²) < 4.78 is 0. The Labute approximate surface area is 85.6 Å². The van der Waals surface area contributed by atoms with Gasteiger partial charge in [0, 0.05) is 19.0 Å². The van der Waals surface area contributed by atoms with Crippen LogP contribution in [0.25, 0.3) is 0 Å². The molecule has 4 N–H and O–H groups in total. The Morgan fingerprint density at radius 2 is 2.29 bits per heavy atom. The van der Waals surface area contributed by atoms with E-state index in [1.54, 1.807) is 0 Å². The van der Waals surface area contributed by atoms with Crippen LogP contribution in [0.15, 0.2) is 0 Å². The van der Waals surface area contributed by atoms with Gasteiger partial charge in [-0.25, -0.2) is 0 Å². The Balaban J connectivity index is 2.50. The van der Waals surface area contributed by atoms with Crippen LogP contribution in [-0.4, -0.2) is 35.2 Å². The molecule has 0 aliphatic carbocycles. The molecule has 1 saturated heterocycles. The van der Waals surface area contributed by atoms with Crippen molar-refractivity contribution in [2.24, 2.45) is 17.6 Å². The van der Waals surface area contributed by atoms with Crippen molar-refractivity contribution in [3.8, 4) is 0 Å². The van der Waals surface area contributed by atoms with E-state index in [2.05, 4.69) is 13.8 Å². The number of likely N-dealkylation sites (tertiary alicyclic amines) is 1. The molecule has 1 fully saturated rings. The lowest BCUT2D eigenvalue weighted by Gasteiger charge is -2.37. The molecule has 0 saturated carbocycles. The van der Waals surface area contributed by atoms with Gasteiger partial charge >= 0.3 is 0 Å². The molecule has 0 amide bonds. The van der Waals surface area contributed by atoms with Gasteiger partial charge in [0.15, 0.2) is 5.96 Å². The number of rotatable bonds is 2. The van der Waals surface area contributed by atoms with E-state index in [0.717, 1.165) is 19.4 Å². The summed E-state index contributed by atoms with van der Waals surface area (Å²) in [6.07, 6.45) is 1.52. The van der Waals surface area contributed by atoms with Crippen LogP contribution in [0.4, 0.5) is 0 Å². The fourth-order valence-corrected chi connectivity index (χ4v) is 2.08. The van der Waals surface area contributed by atoms with Crippen molar-refractivity contribution in [2.45, 2.75) is 32.8 Å². The molecule has 0 unspecified atom stereocenters. The van der Waals surface area contributed by atoms with E-state index in [9.17, 15) is 5.11 Å². The van der Waals surface area contributed by atoms with Crippen molar-refractivity contribution in [3.05, 3.63) is 0 Å². The Bertz CT molecular complexity index is 206. The van der Waals surface area contributed by atoms with Crippen molar-refractivity contribution in [1.82, 2.24) is 4.90 Å². The van der Waals surface area contributed by atoms with Gasteiger partial charge in [-0.2, -0.15) is 0 Å². The van der Waals surface area contributed by atoms with Crippen LogP contribution < -0.4 is 5.73 Å². The van der Waals surface area contributed by atoms with Gasteiger partial charge in [-0.3, -0.25) is 5.41 Å². The summed E-state index contributed by atoms with van der Waals surface area (Å²) in [4.78, 5) is 1.85. The van der Waals surface area contributed by atoms with E-state index in [1.807, 2.05) is 4.90 Å². The number of piperidine rings is 1. The van der Waals surface area contributed by atoms with E-state index in [0.29, 0.717) is 12.5 Å². The third kappa shape index (κ3) is 2.87. The fourth-order valence-electron chi connectivity index (χ4n) is 2.08. The van der Waals surface area contributed by atoms with Gasteiger partial charge in [-0.1, -0.05) is 13.8 Å². The van der Waals surface area contributed by atoms with Crippen LogP contribution in [0, 0.1) is 17.2 Å². The molecule has 0 aromatic rings. The molecule has 0 spiro atoms. The molecule has 14 heavy (non-hydrogen) atoms. The van der Waals surface area contributed by atoms with Crippen LogP contribution in [0.1, 0.15) is 26.7 Å². The normalized spacial score (nSPS) is 28.1. The van der Waals surface area contributed by atoms with Crippen molar-refractivity contribution in [3.63, 3.8) is 0 Å². The average molecular weight is 199 g/mol. The summed E-state index contributed by atoms with van der Waals surface area (Å²) in [6, 6.07) is 0. The van der Waals surface area contributed by atoms with E-state index in [1.165, 1.54) is 0 Å². The predicted molar refractivity (Wildman–Crippen MR) is 57.1 cm³/mol. The van der Waals surface area contributed by atoms with Crippen molar-refractivity contribution in [2.75, 3.05) is 13.1 Å². The maximum absolute atomic E-state index is 9.78. The van der Waals surface area contributed by atoms with Gasteiger partial charge in [0.1, 0.15) is 0 Å². The maximum Gasteiger partial charge on any atom is 0.188 e. The number of hydrogen-bond donors (Lipinski definition) is 3. The molecular weight excluding hydrogens is 178 g/mol. The second-order valence-corrected chi connectivity index (χ2v) is 4.58. The molecule has 1 aliphatic heterocycles. The second kappa shape index (κ2) is 4.64. The lowest BCUT2D eigenvalue weighted by molar-refractivity contribution is 0.0392. The summed E-state index contributed by atoms with van der Waals surface area (Å²) in [5, 5.41) is 17.1. The molecule has 1 heterocycles. The summed E-state index contributed by atoms with van der Waals surface area (Å²) in [5.74, 6) is 0.986. The summed E-state index contributed by atoms with van der Waals surface area (Å²) in [7, 11) is 0. The lowest BCUT2D eigenvalue weighted by atomic mass is 9.87. The molecule has 2 atom stereocenters. The summed E-state index contributed by atoms with van der Waals surface area (Å²) in [5.41, 5.74) is 5.43. The van der Waals surface area contributed by atoms with Crippen molar-refractivity contribution >= 4 is 5.96 Å². The molecule has 1 rings (SSSR count). The predicted octanol–water partition coefficient (Wildman–Crippen LogP) is 0.609. The van der Waals surface area contributed by atoms with Gasteiger partial charge in [-0.05, 0) is 18.8 Å².